The number of nitrogens with zero attached hydrogens (tertiary/aromatic N) is 2. The first-order valence-electron chi connectivity index (χ1n) is 13.5. The quantitative estimate of drug-likeness (QED) is 0.212. The number of amides is 2. The molecule has 1 unspecified atom stereocenters. The van der Waals surface area contributed by atoms with Gasteiger partial charge in [-0.15, -0.1) is 0 Å². The summed E-state index contributed by atoms with van der Waals surface area (Å²) >= 11 is 0. The topological polar surface area (TPSA) is 131 Å². The molecule has 0 bridgehead atoms. The molecule has 2 N–H and O–H groups in total. The molecule has 1 aliphatic rings. The first kappa shape index (κ1) is 31.7. The third-order valence-electron chi connectivity index (χ3n) is 6.80. The average Bonchev–Trinajstić information content (AvgIpc) is 3.38. The van der Waals surface area contributed by atoms with Crippen LogP contribution in [-0.4, -0.2) is 70.4 Å². The third-order valence-corrected chi connectivity index (χ3v) is 6.80. The van der Waals surface area contributed by atoms with Gasteiger partial charge in [0.2, 0.25) is 17.5 Å². The molecule has 1 aliphatic heterocycles. The van der Waals surface area contributed by atoms with Crippen LogP contribution in [-0.2, 0) is 14.3 Å². The van der Waals surface area contributed by atoms with Crippen molar-refractivity contribution in [1.29, 1.82) is 0 Å². The highest BCUT2D eigenvalue weighted by Crippen LogP contribution is 2.27. The number of carbonyl (C=O) groups is 3. The highest BCUT2D eigenvalue weighted by atomic mass is 19.2. The molecular weight excluding hydrogens is 578 g/mol. The van der Waals surface area contributed by atoms with E-state index in [2.05, 4.69) is 10.5 Å². The number of likely N-dealkylation sites (tertiary alicyclic amines) is 1. The van der Waals surface area contributed by atoms with Crippen molar-refractivity contribution in [2.24, 2.45) is 5.92 Å². The number of hydrogen-bond acceptors (Lipinski definition) is 8. The zero-order valence-electron chi connectivity index (χ0n) is 23.7. The standard InChI is InChI=1S/C29H31F4N3O7/c1-29(2,3)42-22(38)13-19(20(37)14-41-26-23(32)17(30)12-18(31)24(26)33)34-27(39)15-8-10-36(11-9-15)28(40)25-16-6-4-5-7-21(16)43-35-25/h4-7,12,15,19-20,37H,8-11,13-14H2,1-3H3,(H,34,39)/t19-,20?/m0/s1. The minimum Gasteiger partial charge on any atom is -0.485 e. The van der Waals surface area contributed by atoms with Crippen LogP contribution in [0.4, 0.5) is 17.6 Å². The molecule has 14 heteroatoms. The molecule has 2 amide bonds. The van der Waals surface area contributed by atoms with Crippen molar-refractivity contribution < 1.29 is 51.0 Å². The Bertz CT molecular complexity index is 1470. The summed E-state index contributed by atoms with van der Waals surface area (Å²) in [5.74, 6) is -10.7. The molecule has 2 atom stereocenters. The van der Waals surface area contributed by atoms with E-state index in [0.29, 0.717) is 11.0 Å². The second-order valence-corrected chi connectivity index (χ2v) is 11.2. The number of rotatable bonds is 9. The fourth-order valence-electron chi connectivity index (χ4n) is 4.64. The van der Waals surface area contributed by atoms with Crippen LogP contribution in [0.3, 0.4) is 0 Å². The number of halogens is 4. The summed E-state index contributed by atoms with van der Waals surface area (Å²) in [7, 11) is 0. The lowest BCUT2D eigenvalue weighted by atomic mass is 9.94. The molecule has 4 rings (SSSR count). The van der Waals surface area contributed by atoms with Gasteiger partial charge < -0.3 is 29.3 Å². The van der Waals surface area contributed by atoms with Crippen LogP contribution in [0, 0.1) is 29.2 Å². The van der Waals surface area contributed by atoms with E-state index in [1.54, 1.807) is 45.0 Å². The lowest BCUT2D eigenvalue weighted by Crippen LogP contribution is -2.51. The van der Waals surface area contributed by atoms with Gasteiger partial charge in [0.05, 0.1) is 17.8 Å². The monoisotopic (exact) mass is 609 g/mol. The molecule has 2 heterocycles. The predicted molar refractivity (Wildman–Crippen MR) is 143 cm³/mol. The number of aliphatic hydroxyl groups is 1. The Morgan fingerprint density at radius 3 is 2.35 bits per heavy atom. The summed E-state index contributed by atoms with van der Waals surface area (Å²) in [5, 5.41) is 17.7. The highest BCUT2D eigenvalue weighted by Gasteiger charge is 2.34. The number of aliphatic hydroxyl groups excluding tert-OH is 1. The summed E-state index contributed by atoms with van der Waals surface area (Å²) in [6.07, 6.45) is -1.80. The highest BCUT2D eigenvalue weighted by molar-refractivity contribution is 6.04. The van der Waals surface area contributed by atoms with E-state index in [9.17, 15) is 37.1 Å². The molecule has 10 nitrogen and oxygen atoms in total. The number of hydrogen-bond donors (Lipinski definition) is 2. The molecule has 0 spiro atoms. The molecule has 1 aromatic heterocycles. The number of para-hydroxylation sites is 1. The smallest absolute Gasteiger partial charge is 0.308 e. The summed E-state index contributed by atoms with van der Waals surface area (Å²) < 4.78 is 70.5. The van der Waals surface area contributed by atoms with E-state index in [4.69, 9.17) is 14.0 Å². The SMILES string of the molecule is CC(C)(C)OC(=O)C[C@H](NC(=O)C1CCN(C(=O)c2noc3ccccc23)CC1)C(O)COc1c(F)c(F)cc(F)c1F. The normalized spacial score (nSPS) is 15.7. The van der Waals surface area contributed by atoms with Gasteiger partial charge in [-0.25, -0.2) is 8.78 Å². The third kappa shape index (κ3) is 7.61. The van der Waals surface area contributed by atoms with Crippen LogP contribution >= 0.6 is 0 Å². The summed E-state index contributed by atoms with van der Waals surface area (Å²) in [6.45, 7) is 4.33. The number of nitrogens with one attached hydrogen (secondary N) is 1. The van der Waals surface area contributed by atoms with Crippen molar-refractivity contribution in [1.82, 2.24) is 15.4 Å². The summed E-state index contributed by atoms with van der Waals surface area (Å²) in [4.78, 5) is 40.3. The molecule has 1 saturated heterocycles. The molecule has 0 radical (unpaired) electrons. The van der Waals surface area contributed by atoms with Crippen molar-refractivity contribution in [3.8, 4) is 5.75 Å². The average molecular weight is 610 g/mol. The van der Waals surface area contributed by atoms with Crippen LogP contribution in [0.15, 0.2) is 34.9 Å². The van der Waals surface area contributed by atoms with Gasteiger partial charge >= 0.3 is 5.97 Å². The molecule has 3 aromatic rings. The predicted octanol–water partition coefficient (Wildman–Crippen LogP) is 3.89. The van der Waals surface area contributed by atoms with Gasteiger partial charge in [0.15, 0.2) is 28.7 Å². The molecular formula is C29H31F4N3O7. The maximum atomic E-state index is 14.0. The molecule has 43 heavy (non-hydrogen) atoms. The van der Waals surface area contributed by atoms with Crippen LogP contribution < -0.4 is 10.1 Å². The lowest BCUT2D eigenvalue weighted by Gasteiger charge is -2.32. The first-order valence-corrected chi connectivity index (χ1v) is 13.5. The molecule has 0 saturated carbocycles. The number of ether oxygens (including phenoxy) is 2. The largest absolute Gasteiger partial charge is 0.485 e. The van der Waals surface area contributed by atoms with Crippen LogP contribution in [0.2, 0.25) is 0 Å². The number of fused-ring (bicyclic) bond motifs is 1. The zero-order valence-corrected chi connectivity index (χ0v) is 23.7. The Morgan fingerprint density at radius 1 is 1.09 bits per heavy atom. The molecule has 0 aliphatic carbocycles. The Morgan fingerprint density at radius 2 is 1.72 bits per heavy atom. The van der Waals surface area contributed by atoms with Gasteiger partial charge in [-0.1, -0.05) is 17.3 Å². The van der Waals surface area contributed by atoms with E-state index in [1.165, 1.54) is 4.90 Å². The first-order chi connectivity index (χ1) is 20.2. The number of piperidine rings is 1. The number of benzene rings is 2. The fraction of sp³-hybridized carbons (Fsp3) is 0.448. The van der Waals surface area contributed by atoms with Crippen molar-refractivity contribution in [3.63, 3.8) is 0 Å². The van der Waals surface area contributed by atoms with E-state index >= 15 is 0 Å². The van der Waals surface area contributed by atoms with Crippen LogP contribution in [0.5, 0.6) is 5.75 Å². The number of carbonyl (C=O) groups excluding carboxylic acids is 3. The van der Waals surface area contributed by atoms with Crippen LogP contribution in [0.25, 0.3) is 11.0 Å². The van der Waals surface area contributed by atoms with Crippen molar-refractivity contribution in [2.45, 2.75) is 57.8 Å². The van der Waals surface area contributed by atoms with E-state index in [0.717, 1.165) is 0 Å². The van der Waals surface area contributed by atoms with Gasteiger partial charge in [-0.2, -0.15) is 8.78 Å². The second-order valence-electron chi connectivity index (χ2n) is 11.2. The minimum atomic E-state index is -1.81. The van der Waals surface area contributed by atoms with Gasteiger partial charge in [-0.05, 0) is 45.7 Å². The Balaban J connectivity index is 1.41. The van der Waals surface area contributed by atoms with Gasteiger partial charge in [-0.3, -0.25) is 14.4 Å². The fourth-order valence-corrected chi connectivity index (χ4v) is 4.64. The Labute approximate surface area is 243 Å². The van der Waals surface area contributed by atoms with Crippen molar-refractivity contribution >= 4 is 28.8 Å². The number of esters is 1. The number of aromatic nitrogens is 1. The van der Waals surface area contributed by atoms with E-state index in [-0.39, 0.29) is 43.6 Å². The lowest BCUT2D eigenvalue weighted by molar-refractivity contribution is -0.156. The minimum absolute atomic E-state index is 0.00620. The van der Waals surface area contributed by atoms with E-state index in [1.807, 2.05) is 0 Å². The van der Waals surface area contributed by atoms with Crippen molar-refractivity contribution in [2.75, 3.05) is 19.7 Å². The van der Waals surface area contributed by atoms with Gasteiger partial charge in [0.25, 0.3) is 5.91 Å². The van der Waals surface area contributed by atoms with E-state index < -0.39 is 77.6 Å². The van der Waals surface area contributed by atoms with Gasteiger partial charge in [0, 0.05) is 25.1 Å². The van der Waals surface area contributed by atoms with Gasteiger partial charge in [0.1, 0.15) is 18.3 Å². The maximum Gasteiger partial charge on any atom is 0.308 e. The zero-order chi connectivity index (χ0) is 31.5. The summed E-state index contributed by atoms with van der Waals surface area (Å²) in [6, 6.07) is 5.56. The Kier molecular flexibility index (Phi) is 9.58. The van der Waals surface area contributed by atoms with Crippen molar-refractivity contribution in [3.05, 3.63) is 59.3 Å². The molecule has 1 fully saturated rings. The Hall–Kier alpha value is -4.20. The molecule has 2 aromatic carbocycles. The molecule has 232 valence electrons. The summed E-state index contributed by atoms with van der Waals surface area (Å²) in [5.41, 5.74) is -0.274. The van der Waals surface area contributed by atoms with Crippen LogP contribution in [0.1, 0.15) is 50.5 Å². The second kappa shape index (κ2) is 13.0. The maximum absolute atomic E-state index is 14.0.